The predicted molar refractivity (Wildman–Crippen MR) is 87.9 cm³/mol. The van der Waals surface area contributed by atoms with E-state index in [1.54, 1.807) is 7.11 Å². The van der Waals surface area contributed by atoms with E-state index in [4.69, 9.17) is 9.72 Å². The van der Waals surface area contributed by atoms with Crippen molar-refractivity contribution >= 4 is 16.6 Å². The lowest BCUT2D eigenvalue weighted by Gasteiger charge is -2.18. The number of pyridine rings is 1. The zero-order valence-corrected chi connectivity index (χ0v) is 13.0. The molecule has 0 saturated heterocycles. The third-order valence-electron chi connectivity index (χ3n) is 4.28. The zero-order chi connectivity index (χ0) is 14.7. The number of hydrogen-bond donors (Lipinski definition) is 1. The molecule has 1 aliphatic carbocycles. The maximum Gasteiger partial charge on any atom is 0.0781 e. The van der Waals surface area contributed by atoms with Gasteiger partial charge in [-0.05, 0) is 38.2 Å². The Morgan fingerprint density at radius 1 is 1.19 bits per heavy atom. The molecule has 3 nitrogen and oxygen atoms in total. The molecule has 1 aliphatic rings. The van der Waals surface area contributed by atoms with Crippen molar-refractivity contribution in [2.45, 2.75) is 45.6 Å². The molecule has 2 aromatic rings. The van der Waals surface area contributed by atoms with Gasteiger partial charge in [0.25, 0.3) is 0 Å². The summed E-state index contributed by atoms with van der Waals surface area (Å²) in [5.41, 5.74) is 6.32. The minimum atomic E-state index is 0.620. The summed E-state index contributed by atoms with van der Waals surface area (Å²) in [7, 11) is 1.74. The minimum absolute atomic E-state index is 0.620. The average molecular weight is 284 g/mol. The second kappa shape index (κ2) is 6.44. The molecule has 0 radical (unpaired) electrons. The number of para-hydroxylation sites is 1. The normalized spacial score (nSPS) is 14.8. The van der Waals surface area contributed by atoms with Crippen LogP contribution in [0.3, 0.4) is 0 Å². The quantitative estimate of drug-likeness (QED) is 0.859. The SMILES string of the molecule is CCNc1c2c(nc3c(COC)cccc13)CCCCC2. The fourth-order valence-electron chi connectivity index (χ4n) is 3.33. The van der Waals surface area contributed by atoms with Crippen LogP contribution in [0.25, 0.3) is 10.9 Å². The van der Waals surface area contributed by atoms with Crippen molar-refractivity contribution in [3.8, 4) is 0 Å². The Kier molecular flexibility index (Phi) is 4.39. The van der Waals surface area contributed by atoms with E-state index >= 15 is 0 Å². The van der Waals surface area contributed by atoms with Gasteiger partial charge in [0.1, 0.15) is 0 Å². The fraction of sp³-hybridized carbons (Fsp3) is 0.500. The number of benzene rings is 1. The summed E-state index contributed by atoms with van der Waals surface area (Å²) in [6.07, 6.45) is 6.09. The topological polar surface area (TPSA) is 34.2 Å². The molecule has 0 atom stereocenters. The van der Waals surface area contributed by atoms with Crippen LogP contribution in [0.4, 0.5) is 5.69 Å². The highest BCUT2D eigenvalue weighted by Crippen LogP contribution is 2.34. The number of anilines is 1. The van der Waals surface area contributed by atoms with Gasteiger partial charge >= 0.3 is 0 Å². The highest BCUT2D eigenvalue weighted by Gasteiger charge is 2.18. The second-order valence-corrected chi connectivity index (χ2v) is 5.75. The standard InChI is InChI=1S/C18H24N2O/c1-3-19-18-14-9-5-4-6-11-16(14)20-17-13(12-21-2)8-7-10-15(17)18/h7-8,10H,3-6,9,11-12H2,1-2H3,(H,19,20). The minimum Gasteiger partial charge on any atom is -0.384 e. The number of fused-ring (bicyclic) bond motifs is 2. The molecular weight excluding hydrogens is 260 g/mol. The first-order valence-electron chi connectivity index (χ1n) is 8.01. The van der Waals surface area contributed by atoms with Crippen LogP contribution in [0.15, 0.2) is 18.2 Å². The molecule has 0 amide bonds. The van der Waals surface area contributed by atoms with Gasteiger partial charge in [0.15, 0.2) is 0 Å². The van der Waals surface area contributed by atoms with Crippen LogP contribution >= 0.6 is 0 Å². The van der Waals surface area contributed by atoms with Gasteiger partial charge < -0.3 is 10.1 Å². The number of aromatic nitrogens is 1. The third-order valence-corrected chi connectivity index (χ3v) is 4.28. The van der Waals surface area contributed by atoms with Gasteiger partial charge in [-0.25, -0.2) is 0 Å². The summed E-state index contributed by atoms with van der Waals surface area (Å²) in [5.74, 6) is 0. The molecule has 3 rings (SSSR count). The molecule has 0 spiro atoms. The maximum atomic E-state index is 5.34. The smallest absolute Gasteiger partial charge is 0.0781 e. The second-order valence-electron chi connectivity index (χ2n) is 5.75. The van der Waals surface area contributed by atoms with Crippen molar-refractivity contribution in [3.63, 3.8) is 0 Å². The van der Waals surface area contributed by atoms with E-state index in [9.17, 15) is 0 Å². The first-order chi connectivity index (χ1) is 10.3. The molecule has 0 unspecified atom stereocenters. The number of ether oxygens (including phenoxy) is 1. The van der Waals surface area contributed by atoms with E-state index in [1.165, 1.54) is 47.2 Å². The van der Waals surface area contributed by atoms with E-state index in [-0.39, 0.29) is 0 Å². The van der Waals surface area contributed by atoms with Crippen molar-refractivity contribution in [3.05, 3.63) is 35.0 Å². The summed E-state index contributed by atoms with van der Waals surface area (Å²) in [6, 6.07) is 6.42. The van der Waals surface area contributed by atoms with Gasteiger partial charge in [-0.15, -0.1) is 0 Å². The van der Waals surface area contributed by atoms with Gasteiger partial charge in [-0.3, -0.25) is 4.98 Å². The van der Waals surface area contributed by atoms with Gasteiger partial charge in [0.2, 0.25) is 0 Å². The van der Waals surface area contributed by atoms with Gasteiger partial charge in [0.05, 0.1) is 12.1 Å². The molecule has 0 bridgehead atoms. The van der Waals surface area contributed by atoms with Crippen LogP contribution in [0.2, 0.25) is 0 Å². The lowest BCUT2D eigenvalue weighted by molar-refractivity contribution is 0.186. The Labute approximate surface area is 126 Å². The van der Waals surface area contributed by atoms with Crippen LogP contribution < -0.4 is 5.32 Å². The van der Waals surface area contributed by atoms with E-state index in [0.717, 1.165) is 24.9 Å². The van der Waals surface area contributed by atoms with Crippen molar-refractivity contribution in [2.24, 2.45) is 0 Å². The Bertz CT molecular complexity index is 637. The third kappa shape index (κ3) is 2.75. The van der Waals surface area contributed by atoms with E-state index in [1.807, 2.05) is 0 Å². The van der Waals surface area contributed by atoms with Crippen LogP contribution in [-0.2, 0) is 24.2 Å². The largest absolute Gasteiger partial charge is 0.384 e. The van der Waals surface area contributed by atoms with Crippen molar-refractivity contribution < 1.29 is 4.74 Å². The van der Waals surface area contributed by atoms with Crippen molar-refractivity contribution in [1.29, 1.82) is 0 Å². The summed E-state index contributed by atoms with van der Waals surface area (Å²) in [4.78, 5) is 5.02. The highest BCUT2D eigenvalue weighted by atomic mass is 16.5. The van der Waals surface area contributed by atoms with Crippen LogP contribution in [0.5, 0.6) is 0 Å². The molecular formula is C18H24N2O. The molecule has 0 aliphatic heterocycles. The maximum absolute atomic E-state index is 5.34. The van der Waals surface area contributed by atoms with E-state index < -0.39 is 0 Å². The van der Waals surface area contributed by atoms with Crippen molar-refractivity contribution in [1.82, 2.24) is 4.98 Å². The van der Waals surface area contributed by atoms with Crippen molar-refractivity contribution in [2.75, 3.05) is 19.0 Å². The number of hydrogen-bond acceptors (Lipinski definition) is 3. The fourth-order valence-corrected chi connectivity index (χ4v) is 3.33. The molecule has 1 N–H and O–H groups in total. The Morgan fingerprint density at radius 3 is 2.86 bits per heavy atom. The Hall–Kier alpha value is -1.61. The number of rotatable bonds is 4. The number of aryl methyl sites for hydroxylation is 1. The van der Waals surface area contributed by atoms with E-state index in [0.29, 0.717) is 6.61 Å². The Morgan fingerprint density at radius 2 is 2.05 bits per heavy atom. The zero-order valence-electron chi connectivity index (χ0n) is 13.0. The number of nitrogens with zero attached hydrogens (tertiary/aromatic N) is 1. The first kappa shape index (κ1) is 14.3. The Balaban J connectivity index is 2.25. The van der Waals surface area contributed by atoms with Gasteiger partial charge in [-0.2, -0.15) is 0 Å². The van der Waals surface area contributed by atoms with E-state index in [2.05, 4.69) is 30.4 Å². The molecule has 21 heavy (non-hydrogen) atoms. The average Bonchev–Trinajstić information content (AvgIpc) is 2.73. The summed E-state index contributed by atoms with van der Waals surface area (Å²) < 4.78 is 5.34. The van der Waals surface area contributed by atoms with Crippen LogP contribution in [-0.4, -0.2) is 18.6 Å². The van der Waals surface area contributed by atoms with Gasteiger partial charge in [-0.1, -0.05) is 24.6 Å². The molecule has 0 fully saturated rings. The first-order valence-corrected chi connectivity index (χ1v) is 8.01. The molecule has 1 heterocycles. The number of nitrogens with one attached hydrogen (secondary N) is 1. The highest BCUT2D eigenvalue weighted by molar-refractivity contribution is 5.95. The van der Waals surface area contributed by atoms with Crippen LogP contribution in [0.1, 0.15) is 43.0 Å². The summed E-state index contributed by atoms with van der Waals surface area (Å²) >= 11 is 0. The molecule has 0 saturated carbocycles. The number of methoxy groups -OCH3 is 1. The van der Waals surface area contributed by atoms with Gasteiger partial charge in [0, 0.05) is 36.0 Å². The van der Waals surface area contributed by atoms with Crippen LogP contribution in [0, 0.1) is 0 Å². The summed E-state index contributed by atoms with van der Waals surface area (Å²) in [6.45, 7) is 3.73. The predicted octanol–water partition coefficient (Wildman–Crippen LogP) is 4.08. The molecule has 1 aromatic heterocycles. The molecule has 3 heteroatoms. The monoisotopic (exact) mass is 284 g/mol. The molecule has 112 valence electrons. The lowest BCUT2D eigenvalue weighted by atomic mass is 10.00. The molecule has 1 aromatic carbocycles. The lowest BCUT2D eigenvalue weighted by Crippen LogP contribution is -2.07. The summed E-state index contributed by atoms with van der Waals surface area (Å²) in [5, 5.41) is 4.84.